The molecule has 4 heterocycles. The van der Waals surface area contributed by atoms with Crippen LogP contribution in [-0.2, 0) is 20.8 Å². The van der Waals surface area contributed by atoms with E-state index in [4.69, 9.17) is 23.2 Å². The third-order valence-corrected chi connectivity index (χ3v) is 10.5. The van der Waals surface area contributed by atoms with Crippen molar-refractivity contribution in [3.63, 3.8) is 0 Å². The lowest BCUT2D eigenvalue weighted by molar-refractivity contribution is -0.132. The molecule has 1 N–H and O–H groups in total. The van der Waals surface area contributed by atoms with Crippen molar-refractivity contribution in [3.05, 3.63) is 110 Å². The predicted molar refractivity (Wildman–Crippen MR) is 181 cm³/mol. The van der Waals surface area contributed by atoms with Crippen LogP contribution in [0, 0.1) is 13.8 Å². The van der Waals surface area contributed by atoms with Gasteiger partial charge in [-0.25, -0.2) is 4.98 Å². The Hall–Kier alpha value is -3.70. The Balaban J connectivity index is 1.44. The number of rotatable bonds is 6. The maximum absolute atomic E-state index is 13.8. The molecular weight excluding hydrogens is 649 g/mol. The van der Waals surface area contributed by atoms with Gasteiger partial charge in [0.15, 0.2) is 10.1 Å². The van der Waals surface area contributed by atoms with Crippen LogP contribution in [-0.4, -0.2) is 36.4 Å². The van der Waals surface area contributed by atoms with E-state index >= 15 is 0 Å². The van der Waals surface area contributed by atoms with Crippen molar-refractivity contribution in [1.82, 2.24) is 19.6 Å². The fraction of sp³-hybridized carbons (Fsp3) is 0.242. The molecule has 3 aromatic heterocycles. The van der Waals surface area contributed by atoms with E-state index in [9.17, 15) is 14.7 Å². The Morgan fingerprint density at radius 1 is 1.04 bits per heavy atom. The lowest BCUT2D eigenvalue weighted by Crippen LogP contribution is -2.29. The molecule has 1 fully saturated rings. The van der Waals surface area contributed by atoms with Crippen LogP contribution in [0.3, 0.4) is 0 Å². The van der Waals surface area contributed by atoms with Gasteiger partial charge < -0.3 is 9.51 Å². The first-order valence-electron chi connectivity index (χ1n) is 14.1. The van der Waals surface area contributed by atoms with E-state index in [1.54, 1.807) is 12.1 Å². The molecule has 12 heteroatoms. The highest BCUT2D eigenvalue weighted by Gasteiger charge is 2.49. The van der Waals surface area contributed by atoms with Crippen molar-refractivity contribution < 1.29 is 14.7 Å². The van der Waals surface area contributed by atoms with E-state index in [0.29, 0.717) is 37.0 Å². The zero-order chi connectivity index (χ0) is 32.2. The molecule has 1 amide bonds. The van der Waals surface area contributed by atoms with Crippen LogP contribution in [0.25, 0.3) is 11.4 Å². The van der Waals surface area contributed by atoms with Gasteiger partial charge in [-0.2, -0.15) is 0 Å². The normalized spacial score (nSPS) is 16.7. The van der Waals surface area contributed by atoms with E-state index in [2.05, 4.69) is 36.0 Å². The first-order chi connectivity index (χ1) is 21.3. The van der Waals surface area contributed by atoms with Crippen molar-refractivity contribution in [2.45, 2.75) is 56.2 Å². The minimum Gasteiger partial charge on any atom is -0.505 e. The number of benzene rings is 2. The number of aromatic nitrogens is 4. The number of aryl methyl sites for hydroxylation is 2. The van der Waals surface area contributed by atoms with Crippen molar-refractivity contribution in [2.75, 3.05) is 4.90 Å². The smallest absolute Gasteiger partial charge is 0.301 e. The molecule has 2 aromatic carbocycles. The Kier molecular flexibility index (Phi) is 8.28. The molecule has 1 aliphatic rings. The average Bonchev–Trinajstić information content (AvgIpc) is 3.67. The first-order valence-corrected chi connectivity index (χ1v) is 16.7. The number of ketones is 1. The summed E-state index contributed by atoms with van der Waals surface area (Å²) in [5.41, 5.74) is 4.91. The second-order valence-electron chi connectivity index (χ2n) is 11.8. The fourth-order valence-electron chi connectivity index (χ4n) is 5.32. The maximum atomic E-state index is 13.8. The summed E-state index contributed by atoms with van der Waals surface area (Å²) in [6, 6.07) is 15.9. The van der Waals surface area contributed by atoms with E-state index in [-0.39, 0.29) is 27.6 Å². The van der Waals surface area contributed by atoms with Crippen molar-refractivity contribution in [3.8, 4) is 0 Å². The SMILES string of the molecule is Cc1cccn2c(C)c(/C(O)=C3\C(=O)C(=O)N(c4nnc(SCc5ccc(Cl)cc5Cl)s4)C3c3ccc(C(C)(C)C)cc3)nc12. The number of amides is 1. The van der Waals surface area contributed by atoms with Gasteiger partial charge in [0.25, 0.3) is 5.78 Å². The van der Waals surface area contributed by atoms with Crippen molar-refractivity contribution >= 4 is 74.5 Å². The number of aliphatic hydroxyl groups is 1. The molecule has 0 radical (unpaired) electrons. The van der Waals surface area contributed by atoms with Crippen LogP contribution in [0.1, 0.15) is 60.5 Å². The van der Waals surface area contributed by atoms with Gasteiger partial charge in [0, 0.05) is 22.0 Å². The lowest BCUT2D eigenvalue weighted by atomic mass is 9.85. The fourth-order valence-corrected chi connectivity index (χ4v) is 7.75. The number of aliphatic hydroxyl groups excluding tert-OH is 1. The van der Waals surface area contributed by atoms with Crippen molar-refractivity contribution in [1.29, 1.82) is 0 Å². The van der Waals surface area contributed by atoms with Gasteiger partial charge in [-0.1, -0.05) is 103 Å². The van der Waals surface area contributed by atoms with Crippen LogP contribution < -0.4 is 4.90 Å². The van der Waals surface area contributed by atoms with Gasteiger partial charge in [-0.3, -0.25) is 14.5 Å². The molecular formula is C33H29Cl2N5O3S2. The number of nitrogens with zero attached hydrogens (tertiary/aromatic N) is 5. The number of imidazole rings is 1. The van der Waals surface area contributed by atoms with Crippen LogP contribution in [0.15, 0.2) is 70.7 Å². The number of thioether (sulfide) groups is 1. The molecule has 45 heavy (non-hydrogen) atoms. The summed E-state index contributed by atoms with van der Waals surface area (Å²) in [4.78, 5) is 33.5. The van der Waals surface area contributed by atoms with Gasteiger partial charge in [0.05, 0.1) is 17.3 Å². The first kappa shape index (κ1) is 31.3. The molecule has 0 bridgehead atoms. The van der Waals surface area contributed by atoms with Gasteiger partial charge in [0.1, 0.15) is 11.3 Å². The summed E-state index contributed by atoms with van der Waals surface area (Å²) in [5.74, 6) is -1.44. The lowest BCUT2D eigenvalue weighted by Gasteiger charge is -2.24. The summed E-state index contributed by atoms with van der Waals surface area (Å²) >= 11 is 15.0. The van der Waals surface area contributed by atoms with Crippen LogP contribution in [0.5, 0.6) is 0 Å². The molecule has 230 valence electrons. The molecule has 1 aliphatic heterocycles. The number of halogens is 2. The maximum Gasteiger partial charge on any atom is 0.301 e. The number of anilines is 1. The highest BCUT2D eigenvalue weighted by atomic mass is 35.5. The predicted octanol–water partition coefficient (Wildman–Crippen LogP) is 8.33. The summed E-state index contributed by atoms with van der Waals surface area (Å²) < 4.78 is 2.45. The summed E-state index contributed by atoms with van der Waals surface area (Å²) in [5, 5.41) is 21.7. The van der Waals surface area contributed by atoms with E-state index in [0.717, 1.165) is 16.7 Å². The molecule has 1 unspecified atom stereocenters. The third kappa shape index (κ3) is 5.76. The van der Waals surface area contributed by atoms with E-state index in [1.165, 1.54) is 28.0 Å². The molecule has 1 atom stereocenters. The molecule has 6 rings (SSSR count). The highest BCUT2D eigenvalue weighted by molar-refractivity contribution is 8.00. The summed E-state index contributed by atoms with van der Waals surface area (Å²) in [6.45, 7) is 10.1. The minimum absolute atomic E-state index is 0.0509. The number of fused-ring (bicyclic) bond motifs is 1. The van der Waals surface area contributed by atoms with E-state index < -0.39 is 17.7 Å². The van der Waals surface area contributed by atoms with Gasteiger partial charge >= 0.3 is 5.91 Å². The Morgan fingerprint density at radius 3 is 2.44 bits per heavy atom. The number of hydrogen-bond acceptors (Lipinski definition) is 8. The molecule has 5 aromatic rings. The zero-order valence-electron chi connectivity index (χ0n) is 25.1. The Bertz CT molecular complexity index is 2010. The number of Topliss-reactive ketones (excluding diaryl/α,β-unsaturated/α-hetero) is 1. The minimum atomic E-state index is -0.944. The molecule has 0 spiro atoms. The average molecular weight is 679 g/mol. The van der Waals surface area contributed by atoms with Crippen molar-refractivity contribution in [2.24, 2.45) is 0 Å². The van der Waals surface area contributed by atoms with Gasteiger partial charge in [0.2, 0.25) is 5.13 Å². The second kappa shape index (κ2) is 11.9. The quantitative estimate of drug-likeness (QED) is 0.0634. The van der Waals surface area contributed by atoms with Gasteiger partial charge in [-0.15, -0.1) is 10.2 Å². The molecule has 8 nitrogen and oxygen atoms in total. The van der Waals surface area contributed by atoms with Crippen LogP contribution in [0.4, 0.5) is 5.13 Å². The Labute approximate surface area is 278 Å². The standard InChI is InChI=1S/C33H29Cl2N5O3S2/c1-17-7-6-14-39-18(2)25(36-29(17)39)27(41)24-26(19-8-11-21(12-9-19)33(3,4)5)40(30(43)28(24)42)31-37-38-32(45-31)44-16-20-10-13-22(34)15-23(20)35/h6-15,26,41H,16H2,1-5H3/b27-24+. The van der Waals surface area contributed by atoms with Crippen LogP contribution >= 0.6 is 46.3 Å². The van der Waals surface area contributed by atoms with E-state index in [1.807, 2.05) is 66.9 Å². The number of carbonyl (C=O) groups is 2. The molecule has 1 saturated heterocycles. The van der Waals surface area contributed by atoms with Crippen LogP contribution in [0.2, 0.25) is 10.0 Å². The summed E-state index contributed by atoms with van der Waals surface area (Å²) in [7, 11) is 0. The monoisotopic (exact) mass is 677 g/mol. The second-order valence-corrected chi connectivity index (χ2v) is 14.9. The summed E-state index contributed by atoms with van der Waals surface area (Å²) in [6.07, 6.45) is 1.85. The molecule has 0 saturated carbocycles. The number of pyridine rings is 1. The molecule has 0 aliphatic carbocycles. The zero-order valence-corrected chi connectivity index (χ0v) is 28.3. The largest absolute Gasteiger partial charge is 0.505 e. The van der Waals surface area contributed by atoms with Gasteiger partial charge in [-0.05, 0) is 59.7 Å². The number of hydrogen-bond donors (Lipinski definition) is 1. The number of carbonyl (C=O) groups excluding carboxylic acids is 2. The third-order valence-electron chi connectivity index (χ3n) is 7.81. The Morgan fingerprint density at radius 2 is 1.78 bits per heavy atom. The highest BCUT2D eigenvalue weighted by Crippen LogP contribution is 2.45. The topological polar surface area (TPSA) is 101 Å².